The molecule has 0 fully saturated rings. The monoisotopic (exact) mass is 230 g/mol. The highest BCUT2D eigenvalue weighted by molar-refractivity contribution is 7.14. The summed E-state index contributed by atoms with van der Waals surface area (Å²) in [7, 11) is 2.44. The van der Waals surface area contributed by atoms with Crippen LogP contribution in [0.3, 0.4) is 0 Å². The van der Waals surface area contributed by atoms with Crippen LogP contribution in [-0.2, 0) is 14.3 Å². The van der Waals surface area contributed by atoms with E-state index in [4.69, 9.17) is 0 Å². The van der Waals surface area contributed by atoms with Crippen molar-refractivity contribution in [1.82, 2.24) is 0 Å². The molecule has 0 bridgehead atoms. The van der Waals surface area contributed by atoms with Gasteiger partial charge in [0.1, 0.15) is 4.88 Å². The van der Waals surface area contributed by atoms with Gasteiger partial charge in [-0.25, -0.2) is 9.59 Å². The fraction of sp³-hybridized carbons (Fsp3) is 0.333. The van der Waals surface area contributed by atoms with Crippen LogP contribution in [0.5, 0.6) is 0 Å². The van der Waals surface area contributed by atoms with E-state index in [1.54, 1.807) is 0 Å². The van der Waals surface area contributed by atoms with Crippen LogP contribution in [0.2, 0.25) is 0 Å². The largest absolute Gasteiger partial charge is 0.467 e. The van der Waals surface area contributed by atoms with Crippen LogP contribution >= 0.6 is 11.3 Å². The van der Waals surface area contributed by atoms with E-state index in [1.165, 1.54) is 26.4 Å². The highest BCUT2D eigenvalue weighted by Crippen LogP contribution is 2.24. The van der Waals surface area contributed by atoms with Crippen molar-refractivity contribution in [1.29, 1.82) is 0 Å². The summed E-state index contributed by atoms with van der Waals surface area (Å²) < 4.78 is 8.85. The van der Waals surface area contributed by atoms with Gasteiger partial charge in [-0.15, -0.1) is 11.3 Å². The molecular formula is C9H10O5S. The number of hydrogen-bond acceptors (Lipinski definition) is 6. The first-order valence-electron chi connectivity index (χ1n) is 4.04. The zero-order valence-electron chi connectivity index (χ0n) is 8.22. The smallest absolute Gasteiger partial charge is 0.348 e. The normalized spacial score (nSPS) is 11.9. The van der Waals surface area contributed by atoms with Crippen molar-refractivity contribution in [3.8, 4) is 0 Å². The van der Waals surface area contributed by atoms with Crippen molar-refractivity contribution in [3.05, 3.63) is 21.9 Å². The van der Waals surface area contributed by atoms with E-state index in [9.17, 15) is 14.7 Å². The molecule has 1 unspecified atom stereocenters. The minimum atomic E-state index is -1.35. The summed E-state index contributed by atoms with van der Waals surface area (Å²) in [6.07, 6.45) is -1.35. The summed E-state index contributed by atoms with van der Waals surface area (Å²) >= 11 is 0.992. The van der Waals surface area contributed by atoms with E-state index in [-0.39, 0.29) is 0 Å². The number of thiophene rings is 1. The maximum Gasteiger partial charge on any atom is 0.348 e. The number of methoxy groups -OCH3 is 2. The van der Waals surface area contributed by atoms with E-state index in [2.05, 4.69) is 9.47 Å². The van der Waals surface area contributed by atoms with Crippen molar-refractivity contribution >= 4 is 23.3 Å². The van der Waals surface area contributed by atoms with Gasteiger partial charge >= 0.3 is 11.9 Å². The van der Waals surface area contributed by atoms with Gasteiger partial charge in [-0.3, -0.25) is 0 Å². The lowest BCUT2D eigenvalue weighted by Crippen LogP contribution is -2.11. The van der Waals surface area contributed by atoms with Gasteiger partial charge in [0.2, 0.25) is 0 Å². The average molecular weight is 230 g/mol. The van der Waals surface area contributed by atoms with Crippen LogP contribution in [0.4, 0.5) is 0 Å². The Labute approximate surface area is 90.2 Å². The van der Waals surface area contributed by atoms with Crippen LogP contribution < -0.4 is 0 Å². The van der Waals surface area contributed by atoms with Gasteiger partial charge in [0.05, 0.1) is 14.2 Å². The standard InChI is InChI=1S/C9H10O5S/c1-13-8(11)6-4-3-5(15-6)7(10)9(12)14-2/h3-4,7,10H,1-2H3. The molecule has 0 aliphatic carbocycles. The molecule has 82 valence electrons. The number of hydrogen-bond donors (Lipinski definition) is 1. The van der Waals surface area contributed by atoms with E-state index < -0.39 is 18.0 Å². The zero-order chi connectivity index (χ0) is 11.4. The summed E-state index contributed by atoms with van der Waals surface area (Å²) in [5.74, 6) is -1.25. The van der Waals surface area contributed by atoms with Gasteiger partial charge in [0.15, 0.2) is 6.10 Å². The van der Waals surface area contributed by atoms with Crippen LogP contribution in [0.1, 0.15) is 20.7 Å². The van der Waals surface area contributed by atoms with Gasteiger partial charge in [-0.2, -0.15) is 0 Å². The topological polar surface area (TPSA) is 72.8 Å². The third kappa shape index (κ3) is 2.54. The minimum absolute atomic E-state index is 0.329. The van der Waals surface area contributed by atoms with Crippen molar-refractivity contribution in [3.63, 3.8) is 0 Å². The molecule has 0 aliphatic heterocycles. The molecule has 0 aliphatic rings. The Morgan fingerprint density at radius 2 is 2.00 bits per heavy atom. The highest BCUT2D eigenvalue weighted by atomic mass is 32.1. The average Bonchev–Trinajstić information content (AvgIpc) is 2.75. The first-order valence-corrected chi connectivity index (χ1v) is 4.85. The molecule has 6 heteroatoms. The number of aliphatic hydroxyl groups is 1. The second-order valence-corrected chi connectivity index (χ2v) is 3.73. The lowest BCUT2D eigenvalue weighted by atomic mass is 10.3. The molecule has 1 rings (SSSR count). The number of carbonyl (C=O) groups excluding carboxylic acids is 2. The summed E-state index contributed by atoms with van der Waals surface area (Å²) in [5.41, 5.74) is 0. The van der Waals surface area contributed by atoms with Gasteiger partial charge in [0, 0.05) is 4.88 Å². The zero-order valence-corrected chi connectivity index (χ0v) is 9.04. The lowest BCUT2D eigenvalue weighted by Gasteiger charge is -2.04. The van der Waals surface area contributed by atoms with Crippen LogP contribution in [-0.4, -0.2) is 31.3 Å². The SMILES string of the molecule is COC(=O)c1ccc(C(O)C(=O)OC)s1. The summed E-state index contributed by atoms with van der Waals surface area (Å²) in [5, 5.41) is 9.44. The molecule has 0 saturated heterocycles. The Hall–Kier alpha value is -1.40. The van der Waals surface area contributed by atoms with Gasteiger partial charge in [0.25, 0.3) is 0 Å². The second kappa shape index (κ2) is 4.90. The fourth-order valence-electron chi connectivity index (χ4n) is 0.938. The molecule has 0 amide bonds. The number of aliphatic hydroxyl groups excluding tert-OH is 1. The molecule has 0 spiro atoms. The van der Waals surface area contributed by atoms with Crippen molar-refractivity contribution in [2.45, 2.75) is 6.10 Å². The van der Waals surface area contributed by atoms with E-state index in [1.807, 2.05) is 0 Å². The summed E-state index contributed by atoms with van der Waals surface area (Å²) in [6, 6.07) is 2.97. The van der Waals surface area contributed by atoms with Gasteiger partial charge < -0.3 is 14.6 Å². The Kier molecular flexibility index (Phi) is 3.81. The Bertz CT molecular complexity index is 370. The summed E-state index contributed by atoms with van der Waals surface area (Å²) in [4.78, 5) is 22.7. The van der Waals surface area contributed by atoms with Crippen molar-refractivity contribution in [2.75, 3.05) is 14.2 Å². The number of esters is 2. The number of carbonyl (C=O) groups is 2. The highest BCUT2D eigenvalue weighted by Gasteiger charge is 2.21. The first kappa shape index (κ1) is 11.7. The molecule has 0 saturated carbocycles. The molecular weight excluding hydrogens is 220 g/mol. The van der Waals surface area contributed by atoms with Crippen molar-refractivity contribution in [2.24, 2.45) is 0 Å². The third-order valence-corrected chi connectivity index (χ3v) is 2.83. The first-order chi connectivity index (χ1) is 7.10. The molecule has 1 aromatic heterocycles. The molecule has 1 N–H and O–H groups in total. The van der Waals surface area contributed by atoms with Gasteiger partial charge in [-0.1, -0.05) is 0 Å². The number of ether oxygens (including phenoxy) is 2. The molecule has 0 aromatic carbocycles. The van der Waals surface area contributed by atoms with Gasteiger partial charge in [-0.05, 0) is 12.1 Å². The van der Waals surface area contributed by atoms with Crippen LogP contribution in [0.15, 0.2) is 12.1 Å². The maximum absolute atomic E-state index is 11.1. The molecule has 1 aromatic rings. The van der Waals surface area contributed by atoms with E-state index in [0.29, 0.717) is 9.75 Å². The Balaban J connectivity index is 2.84. The van der Waals surface area contributed by atoms with Crippen LogP contribution in [0, 0.1) is 0 Å². The second-order valence-electron chi connectivity index (χ2n) is 2.62. The Morgan fingerprint density at radius 1 is 1.33 bits per heavy atom. The maximum atomic E-state index is 11.1. The molecule has 1 heterocycles. The number of rotatable bonds is 3. The van der Waals surface area contributed by atoms with Crippen LogP contribution in [0.25, 0.3) is 0 Å². The fourth-order valence-corrected chi connectivity index (χ4v) is 1.84. The minimum Gasteiger partial charge on any atom is -0.467 e. The third-order valence-electron chi connectivity index (χ3n) is 1.71. The lowest BCUT2D eigenvalue weighted by molar-refractivity contribution is -0.150. The van der Waals surface area contributed by atoms with E-state index in [0.717, 1.165) is 11.3 Å². The summed E-state index contributed by atoms with van der Waals surface area (Å²) in [6.45, 7) is 0. The van der Waals surface area contributed by atoms with E-state index >= 15 is 0 Å². The predicted molar refractivity (Wildman–Crippen MR) is 52.6 cm³/mol. The molecule has 5 nitrogen and oxygen atoms in total. The quantitative estimate of drug-likeness (QED) is 0.775. The predicted octanol–water partition coefficient (Wildman–Crippen LogP) is 0.741. The molecule has 1 atom stereocenters. The van der Waals surface area contributed by atoms with Crippen molar-refractivity contribution < 1.29 is 24.2 Å². The molecule has 0 radical (unpaired) electrons. The Morgan fingerprint density at radius 3 is 2.53 bits per heavy atom. The molecule has 15 heavy (non-hydrogen) atoms.